The van der Waals surface area contributed by atoms with E-state index in [0.29, 0.717) is 15.1 Å². The molecule has 7 heteroatoms. The van der Waals surface area contributed by atoms with E-state index in [0.717, 1.165) is 11.3 Å². The van der Waals surface area contributed by atoms with Crippen molar-refractivity contribution in [1.29, 1.82) is 0 Å². The van der Waals surface area contributed by atoms with Crippen LogP contribution in [0.5, 0.6) is 5.75 Å². The number of para-hydroxylation sites is 1. The second kappa shape index (κ2) is 6.91. The molecule has 1 unspecified atom stereocenters. The Kier molecular flexibility index (Phi) is 5.43. The van der Waals surface area contributed by atoms with Crippen molar-refractivity contribution in [3.63, 3.8) is 0 Å². The van der Waals surface area contributed by atoms with Gasteiger partial charge in [-0.15, -0.1) is 11.3 Å². The number of hydrogen-bond acceptors (Lipinski definition) is 4. The summed E-state index contributed by atoms with van der Waals surface area (Å²) >= 11 is 4.44. The molecule has 1 aromatic heterocycles. The molecule has 0 saturated carbocycles. The van der Waals surface area contributed by atoms with Gasteiger partial charge in [0.05, 0.1) is 7.11 Å². The second-order valence-corrected chi connectivity index (χ2v) is 8.27. The number of nitrogens with one attached hydrogen (secondary N) is 1. The molecule has 0 aliphatic rings. The summed E-state index contributed by atoms with van der Waals surface area (Å²) < 4.78 is 33.5. The average Bonchev–Trinajstić information content (AvgIpc) is 2.86. The zero-order valence-corrected chi connectivity index (χ0v) is 14.9. The number of sulfonamides is 1. The Morgan fingerprint density at radius 1 is 1.33 bits per heavy atom. The summed E-state index contributed by atoms with van der Waals surface area (Å²) in [5.41, 5.74) is 0.973. The van der Waals surface area contributed by atoms with E-state index in [9.17, 15) is 8.42 Å². The molecular formula is C14H16BrNO3S2. The molecule has 0 aliphatic heterocycles. The molecule has 0 spiro atoms. The van der Waals surface area contributed by atoms with Gasteiger partial charge in [-0.3, -0.25) is 0 Å². The molecule has 1 N–H and O–H groups in total. The molecule has 4 nitrogen and oxygen atoms in total. The summed E-state index contributed by atoms with van der Waals surface area (Å²) in [4.78, 5) is 0. The van der Waals surface area contributed by atoms with Gasteiger partial charge in [0.2, 0.25) is 0 Å². The lowest BCUT2D eigenvalue weighted by atomic mass is 10.1. The van der Waals surface area contributed by atoms with Crippen molar-refractivity contribution in [2.24, 2.45) is 0 Å². The fourth-order valence-electron chi connectivity index (χ4n) is 2.03. The van der Waals surface area contributed by atoms with Crippen molar-refractivity contribution in [1.82, 2.24) is 4.72 Å². The van der Waals surface area contributed by atoms with Crippen LogP contribution in [0, 0.1) is 0 Å². The van der Waals surface area contributed by atoms with Gasteiger partial charge in [-0.05, 0) is 52.4 Å². The van der Waals surface area contributed by atoms with Crippen molar-refractivity contribution in [3.05, 3.63) is 45.7 Å². The minimum absolute atomic E-state index is 0.236. The van der Waals surface area contributed by atoms with Crippen LogP contribution in [0.4, 0.5) is 0 Å². The van der Waals surface area contributed by atoms with E-state index in [1.54, 1.807) is 18.6 Å². The third kappa shape index (κ3) is 4.06. The van der Waals surface area contributed by atoms with E-state index in [1.807, 2.05) is 31.2 Å². The molecule has 0 amide bonds. The number of methoxy groups -OCH3 is 1. The fraction of sp³-hybridized carbons (Fsp3) is 0.286. The van der Waals surface area contributed by atoms with Crippen LogP contribution in [0.15, 0.2) is 44.4 Å². The Balaban J connectivity index is 2.12. The van der Waals surface area contributed by atoms with E-state index in [-0.39, 0.29) is 6.04 Å². The Morgan fingerprint density at radius 2 is 2.05 bits per heavy atom. The van der Waals surface area contributed by atoms with Crippen LogP contribution in [0.25, 0.3) is 0 Å². The molecule has 2 aromatic rings. The first-order valence-corrected chi connectivity index (χ1v) is 9.47. The first kappa shape index (κ1) is 16.5. The molecule has 1 atom stereocenters. The summed E-state index contributed by atoms with van der Waals surface area (Å²) in [6.07, 6.45) is 0.562. The third-order valence-corrected chi connectivity index (χ3v) is 7.16. The molecule has 114 valence electrons. The topological polar surface area (TPSA) is 55.4 Å². The minimum Gasteiger partial charge on any atom is -0.496 e. The number of benzene rings is 1. The summed E-state index contributed by atoms with van der Waals surface area (Å²) in [7, 11) is -1.90. The maximum absolute atomic E-state index is 12.3. The van der Waals surface area contributed by atoms with Gasteiger partial charge in [0.15, 0.2) is 0 Å². The zero-order valence-electron chi connectivity index (χ0n) is 11.7. The second-order valence-electron chi connectivity index (χ2n) is 4.59. The molecule has 2 rings (SSSR count). The lowest BCUT2D eigenvalue weighted by molar-refractivity contribution is 0.407. The molecule has 1 aromatic carbocycles. The normalized spacial score (nSPS) is 13.1. The minimum atomic E-state index is -3.51. The van der Waals surface area contributed by atoms with Crippen LogP contribution in [0.3, 0.4) is 0 Å². The van der Waals surface area contributed by atoms with Crippen LogP contribution in [0.2, 0.25) is 0 Å². The maximum Gasteiger partial charge on any atom is 0.251 e. The van der Waals surface area contributed by atoms with Gasteiger partial charge in [0, 0.05) is 10.5 Å². The van der Waals surface area contributed by atoms with Crippen LogP contribution >= 0.6 is 27.3 Å². The highest BCUT2D eigenvalue weighted by molar-refractivity contribution is 9.10. The van der Waals surface area contributed by atoms with Crippen LogP contribution in [0.1, 0.15) is 12.5 Å². The highest BCUT2D eigenvalue weighted by atomic mass is 79.9. The van der Waals surface area contributed by atoms with Gasteiger partial charge in [0.1, 0.15) is 9.96 Å². The van der Waals surface area contributed by atoms with E-state index in [4.69, 9.17) is 4.74 Å². The van der Waals surface area contributed by atoms with E-state index in [2.05, 4.69) is 20.7 Å². The van der Waals surface area contributed by atoms with Gasteiger partial charge < -0.3 is 4.74 Å². The van der Waals surface area contributed by atoms with Gasteiger partial charge in [0.25, 0.3) is 10.0 Å². The fourth-order valence-corrected chi connectivity index (χ4v) is 5.63. The summed E-state index contributed by atoms with van der Waals surface area (Å²) in [6, 6.07) is 9.09. The Morgan fingerprint density at radius 3 is 2.67 bits per heavy atom. The van der Waals surface area contributed by atoms with Crippen molar-refractivity contribution in [2.45, 2.75) is 23.6 Å². The Bertz CT molecular complexity index is 713. The van der Waals surface area contributed by atoms with Crippen LogP contribution in [-0.2, 0) is 16.4 Å². The van der Waals surface area contributed by atoms with Gasteiger partial charge in [-0.1, -0.05) is 18.2 Å². The number of hydrogen-bond donors (Lipinski definition) is 1. The van der Waals surface area contributed by atoms with Crippen molar-refractivity contribution in [2.75, 3.05) is 7.11 Å². The zero-order chi connectivity index (χ0) is 15.5. The standard InChI is InChI=1S/C14H16BrNO3S2/c1-10(9-11-5-3-4-6-13(11)19-2)16-21(17,18)14-12(15)7-8-20-14/h3-8,10,16H,9H2,1-2H3. The van der Waals surface area contributed by atoms with Crippen LogP contribution < -0.4 is 9.46 Å². The predicted molar refractivity (Wildman–Crippen MR) is 88.5 cm³/mol. The third-order valence-electron chi connectivity index (χ3n) is 2.90. The monoisotopic (exact) mass is 389 g/mol. The van der Waals surface area contributed by atoms with Gasteiger partial charge in [-0.25, -0.2) is 13.1 Å². The highest BCUT2D eigenvalue weighted by Gasteiger charge is 2.22. The quantitative estimate of drug-likeness (QED) is 0.822. The number of ether oxygens (including phenoxy) is 1. The average molecular weight is 390 g/mol. The lowest BCUT2D eigenvalue weighted by Crippen LogP contribution is -2.33. The maximum atomic E-state index is 12.3. The SMILES string of the molecule is COc1ccccc1CC(C)NS(=O)(=O)c1sccc1Br. The highest BCUT2D eigenvalue weighted by Crippen LogP contribution is 2.28. The van der Waals surface area contributed by atoms with Gasteiger partial charge >= 0.3 is 0 Å². The molecule has 0 aliphatic carbocycles. The van der Waals surface area contributed by atoms with Gasteiger partial charge in [-0.2, -0.15) is 0 Å². The van der Waals surface area contributed by atoms with E-state index in [1.165, 1.54) is 11.3 Å². The molecular weight excluding hydrogens is 374 g/mol. The number of thiophene rings is 1. The first-order chi connectivity index (χ1) is 9.94. The number of halogens is 1. The van der Waals surface area contributed by atoms with E-state index >= 15 is 0 Å². The largest absolute Gasteiger partial charge is 0.496 e. The smallest absolute Gasteiger partial charge is 0.251 e. The van der Waals surface area contributed by atoms with Crippen molar-refractivity contribution in [3.8, 4) is 5.75 Å². The molecule has 0 saturated heterocycles. The van der Waals surface area contributed by atoms with E-state index < -0.39 is 10.0 Å². The molecule has 21 heavy (non-hydrogen) atoms. The Labute approximate surface area is 137 Å². The lowest BCUT2D eigenvalue weighted by Gasteiger charge is -2.15. The summed E-state index contributed by atoms with van der Waals surface area (Å²) in [5.74, 6) is 0.765. The van der Waals surface area contributed by atoms with Crippen molar-refractivity contribution >= 4 is 37.3 Å². The molecule has 0 bridgehead atoms. The first-order valence-electron chi connectivity index (χ1n) is 6.31. The van der Waals surface area contributed by atoms with Crippen LogP contribution in [-0.4, -0.2) is 21.6 Å². The number of rotatable bonds is 6. The Hall–Kier alpha value is -0.890. The summed E-state index contributed by atoms with van der Waals surface area (Å²) in [6.45, 7) is 1.84. The predicted octanol–water partition coefficient (Wildman–Crippen LogP) is 3.43. The molecule has 0 fully saturated rings. The molecule has 1 heterocycles. The van der Waals surface area contributed by atoms with Crippen molar-refractivity contribution < 1.29 is 13.2 Å². The molecule has 0 radical (unpaired) electrons. The summed E-state index contributed by atoms with van der Waals surface area (Å²) in [5, 5.41) is 1.74.